The average molecular weight is 538 g/mol. The third-order valence-electron chi connectivity index (χ3n) is 8.27. The summed E-state index contributed by atoms with van der Waals surface area (Å²) in [5.41, 5.74) is 7.63. The fourth-order valence-corrected chi connectivity index (χ4v) is 6.45. The molecule has 4 aromatic heterocycles. The Kier molecular flexibility index (Phi) is 4.83. The quantitative estimate of drug-likeness (QED) is 0.226. The minimum absolute atomic E-state index is 0.659. The molecule has 0 aliphatic rings. The zero-order chi connectivity index (χ0) is 27.6. The number of pyridine rings is 1. The molecule has 9 rings (SSSR count). The van der Waals surface area contributed by atoms with Gasteiger partial charge < -0.3 is 9.13 Å². The molecule has 0 bridgehead atoms. The first kappa shape index (κ1) is 22.9. The lowest BCUT2D eigenvalue weighted by Gasteiger charge is -2.11. The lowest BCUT2D eigenvalue weighted by molar-refractivity contribution is 1.08. The summed E-state index contributed by atoms with van der Waals surface area (Å²) < 4.78 is 4.68. The van der Waals surface area contributed by atoms with Crippen LogP contribution in [-0.2, 0) is 0 Å². The minimum atomic E-state index is 0.659. The van der Waals surface area contributed by atoms with Gasteiger partial charge in [-0.3, -0.25) is 4.98 Å². The highest BCUT2D eigenvalue weighted by atomic mass is 15.0. The van der Waals surface area contributed by atoms with Gasteiger partial charge in [-0.1, -0.05) is 66.7 Å². The van der Waals surface area contributed by atoms with Crippen LogP contribution in [0.3, 0.4) is 0 Å². The number of fused-ring (bicyclic) bond motifs is 8. The second kappa shape index (κ2) is 8.85. The van der Waals surface area contributed by atoms with Crippen molar-refractivity contribution in [1.82, 2.24) is 24.1 Å². The van der Waals surface area contributed by atoms with Crippen molar-refractivity contribution in [2.45, 2.75) is 0 Å². The van der Waals surface area contributed by atoms with E-state index < -0.39 is 0 Å². The molecule has 0 saturated heterocycles. The SMILES string of the molecule is c1ccc(-n2c3ccccc3c3cc4ccc5c6ccccc6n(-c6cnc(-c7cccnc7)nc6)c5c4cc32)cc1. The van der Waals surface area contributed by atoms with Gasteiger partial charge in [0, 0.05) is 50.6 Å². The van der Waals surface area contributed by atoms with Crippen molar-refractivity contribution < 1.29 is 0 Å². The van der Waals surface area contributed by atoms with Gasteiger partial charge in [-0.05, 0) is 53.9 Å². The highest BCUT2D eigenvalue weighted by Crippen LogP contribution is 2.40. The summed E-state index contributed by atoms with van der Waals surface area (Å²) in [6.45, 7) is 0. The maximum absolute atomic E-state index is 4.76. The summed E-state index contributed by atoms with van der Waals surface area (Å²) >= 11 is 0. The van der Waals surface area contributed by atoms with E-state index in [1.54, 1.807) is 12.4 Å². The highest BCUT2D eigenvalue weighted by Gasteiger charge is 2.18. The first-order valence-corrected chi connectivity index (χ1v) is 14.0. The van der Waals surface area contributed by atoms with Crippen LogP contribution in [0.5, 0.6) is 0 Å². The Labute approximate surface area is 241 Å². The topological polar surface area (TPSA) is 48.5 Å². The lowest BCUT2D eigenvalue weighted by Crippen LogP contribution is -1.98. The van der Waals surface area contributed by atoms with E-state index in [1.165, 1.54) is 43.4 Å². The largest absolute Gasteiger partial charge is 0.309 e. The number of hydrogen-bond acceptors (Lipinski definition) is 3. The van der Waals surface area contributed by atoms with Gasteiger partial charge in [-0.2, -0.15) is 0 Å². The van der Waals surface area contributed by atoms with Gasteiger partial charge in [0.25, 0.3) is 0 Å². The average Bonchev–Trinajstić information content (AvgIpc) is 3.57. The molecule has 42 heavy (non-hydrogen) atoms. The Morgan fingerprint density at radius 3 is 1.93 bits per heavy atom. The highest BCUT2D eigenvalue weighted by molar-refractivity contribution is 6.22. The predicted molar refractivity (Wildman–Crippen MR) is 171 cm³/mol. The van der Waals surface area contributed by atoms with E-state index in [2.05, 4.69) is 117 Å². The van der Waals surface area contributed by atoms with E-state index in [0.717, 1.165) is 28.0 Å². The summed E-state index contributed by atoms with van der Waals surface area (Å²) in [5, 5.41) is 7.28. The fourth-order valence-electron chi connectivity index (χ4n) is 6.45. The van der Waals surface area contributed by atoms with Gasteiger partial charge in [0.2, 0.25) is 0 Å². The molecule has 0 radical (unpaired) electrons. The number of hydrogen-bond donors (Lipinski definition) is 0. The van der Waals surface area contributed by atoms with Crippen molar-refractivity contribution in [3.8, 4) is 22.8 Å². The van der Waals surface area contributed by atoms with Crippen LogP contribution in [0.25, 0.3) is 77.1 Å². The van der Waals surface area contributed by atoms with Crippen molar-refractivity contribution >= 4 is 54.4 Å². The molecule has 0 aliphatic heterocycles. The molecule has 5 heteroatoms. The van der Waals surface area contributed by atoms with Crippen LogP contribution in [0.1, 0.15) is 0 Å². The molecule has 5 aromatic carbocycles. The van der Waals surface area contributed by atoms with E-state index >= 15 is 0 Å². The van der Waals surface area contributed by atoms with Crippen molar-refractivity contribution in [2.24, 2.45) is 0 Å². The summed E-state index contributed by atoms with van der Waals surface area (Å²) in [6, 6.07) is 41.0. The van der Waals surface area contributed by atoms with Crippen LogP contribution >= 0.6 is 0 Å². The van der Waals surface area contributed by atoms with E-state index in [-0.39, 0.29) is 0 Å². The van der Waals surface area contributed by atoms with Crippen LogP contribution in [-0.4, -0.2) is 24.1 Å². The molecule has 0 N–H and O–H groups in total. The van der Waals surface area contributed by atoms with Crippen molar-refractivity contribution in [3.63, 3.8) is 0 Å². The first-order chi connectivity index (χ1) is 20.8. The van der Waals surface area contributed by atoms with Gasteiger partial charge in [0.05, 0.1) is 40.1 Å². The summed E-state index contributed by atoms with van der Waals surface area (Å²) in [6.07, 6.45) is 7.38. The Morgan fingerprint density at radius 2 is 1.17 bits per heavy atom. The molecule has 196 valence electrons. The van der Waals surface area contributed by atoms with Crippen LogP contribution in [0, 0.1) is 0 Å². The molecule has 0 fully saturated rings. The Morgan fingerprint density at radius 1 is 0.452 bits per heavy atom. The van der Waals surface area contributed by atoms with Crippen LogP contribution < -0.4 is 0 Å². The molecule has 0 aliphatic carbocycles. The predicted octanol–water partition coefficient (Wildman–Crippen LogP) is 8.89. The smallest absolute Gasteiger partial charge is 0.160 e. The monoisotopic (exact) mass is 537 g/mol. The van der Waals surface area contributed by atoms with Gasteiger partial charge in [0.1, 0.15) is 0 Å². The van der Waals surface area contributed by atoms with E-state index in [9.17, 15) is 0 Å². The third-order valence-corrected chi connectivity index (χ3v) is 8.27. The van der Waals surface area contributed by atoms with Gasteiger partial charge in [-0.15, -0.1) is 0 Å². The summed E-state index contributed by atoms with van der Waals surface area (Å²) in [4.78, 5) is 13.7. The Hall–Kier alpha value is -5.81. The standard InChI is InChI=1S/C37H23N5/c1-2-10-26(11-3-1)41-33-14-6-5-13-29(33)32-19-24-16-17-30-28-12-4-7-15-34(28)42(36(30)31(24)20-35(32)41)27-22-39-37(40-23-27)25-9-8-18-38-21-25/h1-23H. The maximum atomic E-state index is 4.76. The number of para-hydroxylation sites is 3. The molecule has 5 nitrogen and oxygen atoms in total. The van der Waals surface area contributed by atoms with Crippen molar-refractivity contribution in [3.05, 3.63) is 140 Å². The third kappa shape index (κ3) is 3.28. The van der Waals surface area contributed by atoms with Crippen LogP contribution in [0.15, 0.2) is 140 Å². The van der Waals surface area contributed by atoms with Crippen molar-refractivity contribution in [2.75, 3.05) is 0 Å². The lowest BCUT2D eigenvalue weighted by atomic mass is 10.0. The van der Waals surface area contributed by atoms with Gasteiger partial charge >= 0.3 is 0 Å². The fraction of sp³-hybridized carbons (Fsp3) is 0. The number of aromatic nitrogens is 5. The zero-order valence-corrected chi connectivity index (χ0v) is 22.5. The molecule has 0 spiro atoms. The second-order valence-electron chi connectivity index (χ2n) is 10.6. The number of nitrogens with zero attached hydrogens (tertiary/aromatic N) is 5. The molecule has 4 heterocycles. The minimum Gasteiger partial charge on any atom is -0.309 e. The molecule has 9 aromatic rings. The number of benzene rings is 5. The zero-order valence-electron chi connectivity index (χ0n) is 22.5. The molecule has 0 atom stereocenters. The molecular formula is C37H23N5. The number of rotatable bonds is 3. The molecule has 0 amide bonds. The summed E-state index contributed by atoms with van der Waals surface area (Å²) in [7, 11) is 0. The second-order valence-corrected chi connectivity index (χ2v) is 10.6. The maximum Gasteiger partial charge on any atom is 0.160 e. The van der Waals surface area contributed by atoms with E-state index in [4.69, 9.17) is 9.97 Å². The molecule has 0 saturated carbocycles. The van der Waals surface area contributed by atoms with Crippen LogP contribution in [0.4, 0.5) is 0 Å². The van der Waals surface area contributed by atoms with Crippen LogP contribution in [0.2, 0.25) is 0 Å². The van der Waals surface area contributed by atoms with E-state index in [0.29, 0.717) is 5.82 Å². The van der Waals surface area contributed by atoms with Crippen molar-refractivity contribution in [1.29, 1.82) is 0 Å². The Balaban J connectivity index is 1.39. The van der Waals surface area contributed by atoms with E-state index in [1.807, 2.05) is 24.5 Å². The summed E-state index contributed by atoms with van der Waals surface area (Å²) in [5.74, 6) is 0.659. The van der Waals surface area contributed by atoms with Gasteiger partial charge in [-0.25, -0.2) is 9.97 Å². The molecular weight excluding hydrogens is 514 g/mol. The normalized spacial score (nSPS) is 11.8. The van der Waals surface area contributed by atoms with Gasteiger partial charge in [0.15, 0.2) is 5.82 Å². The first-order valence-electron chi connectivity index (χ1n) is 14.0. The molecule has 0 unspecified atom stereocenters. The Bertz CT molecular complexity index is 2440.